The summed E-state index contributed by atoms with van der Waals surface area (Å²) >= 11 is -1.09. The van der Waals surface area contributed by atoms with Gasteiger partial charge in [0, 0.05) is 23.6 Å². The molecule has 0 amide bonds. The van der Waals surface area contributed by atoms with E-state index in [1.165, 1.54) is 0 Å². The first-order chi connectivity index (χ1) is 8.70. The first-order valence-electron chi connectivity index (χ1n) is 6.51. The Morgan fingerprint density at radius 1 is 1.26 bits per heavy atom. The van der Waals surface area contributed by atoms with Crippen LogP contribution in [0.4, 0.5) is 0 Å². The lowest BCUT2D eigenvalue weighted by Gasteiger charge is -2.26. The zero-order chi connectivity index (χ0) is 14.6. The lowest BCUT2D eigenvalue weighted by molar-refractivity contribution is 0.232. The molecule has 5 heteroatoms. The van der Waals surface area contributed by atoms with Gasteiger partial charge < -0.3 is 9.29 Å². The fourth-order valence-electron chi connectivity index (χ4n) is 1.36. The van der Waals surface area contributed by atoms with Crippen LogP contribution in [0.15, 0.2) is 18.3 Å². The van der Waals surface area contributed by atoms with E-state index in [4.69, 9.17) is 4.74 Å². The van der Waals surface area contributed by atoms with Crippen LogP contribution in [-0.4, -0.2) is 20.4 Å². The Kier molecular flexibility index (Phi) is 5.64. The van der Waals surface area contributed by atoms with Gasteiger partial charge >= 0.3 is 0 Å². The molecule has 0 fully saturated rings. The average molecular weight is 284 g/mol. The summed E-state index contributed by atoms with van der Waals surface area (Å²) in [6.45, 7) is 11.7. The van der Waals surface area contributed by atoms with Crippen molar-refractivity contribution in [1.82, 2.24) is 9.71 Å². The number of rotatable bonds is 5. The van der Waals surface area contributed by atoms with E-state index in [-0.39, 0.29) is 16.9 Å². The van der Waals surface area contributed by atoms with Crippen LogP contribution in [0.5, 0.6) is 5.88 Å². The summed E-state index contributed by atoms with van der Waals surface area (Å²) in [7, 11) is 0. The van der Waals surface area contributed by atoms with E-state index < -0.39 is 11.4 Å². The van der Waals surface area contributed by atoms with E-state index >= 15 is 0 Å². The maximum atomic E-state index is 12.0. The highest BCUT2D eigenvalue weighted by molar-refractivity contribution is 7.90. The summed E-state index contributed by atoms with van der Waals surface area (Å²) < 4.78 is 20.3. The number of nitrogens with zero attached hydrogens (tertiary/aromatic N) is 1. The zero-order valence-corrected chi connectivity index (χ0v) is 13.4. The van der Waals surface area contributed by atoms with Crippen molar-refractivity contribution >= 4 is 11.4 Å². The molecule has 1 rings (SSSR count). The van der Waals surface area contributed by atoms with Crippen molar-refractivity contribution in [3.05, 3.63) is 23.9 Å². The molecule has 108 valence electrons. The molecule has 0 aromatic carbocycles. The molecule has 0 aliphatic heterocycles. The summed E-state index contributed by atoms with van der Waals surface area (Å²) in [5.41, 5.74) is 0.994. The molecule has 4 nitrogen and oxygen atoms in total. The first kappa shape index (κ1) is 16.3. The van der Waals surface area contributed by atoms with Crippen molar-refractivity contribution in [2.24, 2.45) is 0 Å². The normalized spacial score (nSPS) is 15.4. The van der Waals surface area contributed by atoms with Gasteiger partial charge in [0.1, 0.15) is 4.75 Å². The molecule has 19 heavy (non-hydrogen) atoms. The maximum Gasteiger partial charge on any atom is 0.213 e. The second-order valence-corrected chi connectivity index (χ2v) is 7.81. The molecule has 1 heterocycles. The molecule has 1 aromatic rings. The van der Waals surface area contributed by atoms with E-state index in [0.717, 1.165) is 5.56 Å². The van der Waals surface area contributed by atoms with Gasteiger partial charge in [0.05, 0.1) is 12.1 Å². The van der Waals surface area contributed by atoms with Crippen LogP contribution in [0.3, 0.4) is 0 Å². The number of ether oxygens (including phenoxy) is 1. The van der Waals surface area contributed by atoms with Gasteiger partial charge in [-0.2, -0.15) is 0 Å². The van der Waals surface area contributed by atoms with Crippen LogP contribution >= 0.6 is 0 Å². The van der Waals surface area contributed by atoms with E-state index in [9.17, 15) is 4.55 Å². The fraction of sp³-hybridized carbons (Fsp3) is 0.643. The molecule has 0 aliphatic carbocycles. The largest absolute Gasteiger partial charge is 0.598 e. The second-order valence-electron chi connectivity index (χ2n) is 5.82. The third kappa shape index (κ3) is 5.38. The van der Waals surface area contributed by atoms with Crippen molar-refractivity contribution in [1.29, 1.82) is 0 Å². The average Bonchev–Trinajstić information content (AvgIpc) is 2.27. The molecule has 0 spiro atoms. The van der Waals surface area contributed by atoms with Gasteiger partial charge in [0.2, 0.25) is 5.88 Å². The minimum absolute atomic E-state index is 0.0133. The van der Waals surface area contributed by atoms with Gasteiger partial charge in [0.25, 0.3) is 0 Å². The Balaban J connectivity index is 2.65. The number of nitrogens with one attached hydrogen (secondary N) is 1. The molecule has 2 unspecified atom stereocenters. The second kappa shape index (κ2) is 6.59. The van der Waals surface area contributed by atoms with Crippen LogP contribution in [0.25, 0.3) is 0 Å². The van der Waals surface area contributed by atoms with Gasteiger partial charge in [-0.15, -0.1) is 4.72 Å². The Hall–Kier alpha value is -0.780. The third-order valence-electron chi connectivity index (χ3n) is 2.46. The minimum atomic E-state index is -1.09. The lowest BCUT2D eigenvalue weighted by Crippen LogP contribution is -2.40. The van der Waals surface area contributed by atoms with E-state index in [0.29, 0.717) is 5.88 Å². The molecule has 0 bridgehead atoms. The molecule has 0 aliphatic rings. The molecule has 1 aromatic heterocycles. The third-order valence-corrected chi connectivity index (χ3v) is 4.14. The number of hydrogen-bond donors (Lipinski definition) is 1. The topological polar surface area (TPSA) is 57.2 Å². The van der Waals surface area contributed by atoms with Crippen molar-refractivity contribution in [3.8, 4) is 5.88 Å². The molecule has 0 radical (unpaired) electrons. The molecular weight excluding hydrogens is 260 g/mol. The van der Waals surface area contributed by atoms with Crippen molar-refractivity contribution in [2.45, 2.75) is 58.4 Å². The van der Waals surface area contributed by atoms with E-state index in [2.05, 4.69) is 9.71 Å². The highest BCUT2D eigenvalue weighted by Gasteiger charge is 2.28. The maximum absolute atomic E-state index is 12.0. The van der Waals surface area contributed by atoms with Crippen molar-refractivity contribution in [2.75, 3.05) is 0 Å². The Labute approximate surface area is 119 Å². The van der Waals surface area contributed by atoms with Gasteiger partial charge in [-0.05, 0) is 47.1 Å². The van der Waals surface area contributed by atoms with Crippen LogP contribution in [-0.2, 0) is 11.4 Å². The molecule has 0 saturated heterocycles. The summed E-state index contributed by atoms with van der Waals surface area (Å²) in [5.74, 6) is 0.614. The summed E-state index contributed by atoms with van der Waals surface area (Å²) in [6, 6.07) is 3.77. The Morgan fingerprint density at radius 2 is 1.89 bits per heavy atom. The predicted molar refractivity (Wildman–Crippen MR) is 79.4 cm³/mol. The van der Waals surface area contributed by atoms with E-state index in [1.54, 1.807) is 6.20 Å². The standard InChI is InChI=1S/C14H24N2O2S/c1-10(2)18-13-8-7-12(9-15-13)11(3)16-19(17)14(4,5)6/h7-11,16H,1-6H3. The molecule has 1 N–H and O–H groups in total. The predicted octanol–water partition coefficient (Wildman–Crippen LogP) is 2.98. The summed E-state index contributed by atoms with van der Waals surface area (Å²) in [5, 5.41) is 0. The minimum Gasteiger partial charge on any atom is -0.598 e. The number of pyridine rings is 1. The highest BCUT2D eigenvalue weighted by Crippen LogP contribution is 2.20. The zero-order valence-electron chi connectivity index (χ0n) is 12.6. The Bertz CT molecular complexity index is 387. The monoisotopic (exact) mass is 284 g/mol. The summed E-state index contributed by atoms with van der Waals surface area (Å²) in [6.07, 6.45) is 1.87. The van der Waals surface area contributed by atoms with E-state index in [1.807, 2.05) is 53.7 Å². The quantitative estimate of drug-likeness (QED) is 0.845. The smallest absolute Gasteiger partial charge is 0.213 e. The van der Waals surface area contributed by atoms with Crippen LogP contribution in [0.2, 0.25) is 0 Å². The molecular formula is C14H24N2O2S. The van der Waals surface area contributed by atoms with Gasteiger partial charge in [-0.3, -0.25) is 0 Å². The lowest BCUT2D eigenvalue weighted by atomic mass is 10.2. The SMILES string of the molecule is CC(C)Oc1ccc(C(C)N[S+]([O-])C(C)(C)C)cn1. The van der Waals surface area contributed by atoms with Crippen molar-refractivity contribution in [3.63, 3.8) is 0 Å². The van der Waals surface area contributed by atoms with Crippen LogP contribution < -0.4 is 9.46 Å². The first-order valence-corrected chi connectivity index (χ1v) is 7.66. The van der Waals surface area contributed by atoms with Crippen molar-refractivity contribution < 1.29 is 9.29 Å². The van der Waals surface area contributed by atoms with Gasteiger partial charge in [-0.25, -0.2) is 4.98 Å². The number of aromatic nitrogens is 1. The molecule has 2 atom stereocenters. The van der Waals surface area contributed by atoms with Crippen LogP contribution in [0.1, 0.15) is 53.1 Å². The summed E-state index contributed by atoms with van der Waals surface area (Å²) in [4.78, 5) is 4.25. The van der Waals surface area contributed by atoms with Gasteiger partial charge in [0.15, 0.2) is 0 Å². The van der Waals surface area contributed by atoms with Crippen LogP contribution in [0, 0.1) is 0 Å². The Morgan fingerprint density at radius 3 is 2.32 bits per heavy atom. The fourth-order valence-corrected chi connectivity index (χ4v) is 2.18. The molecule has 0 saturated carbocycles. The highest BCUT2D eigenvalue weighted by atomic mass is 32.2. The van der Waals surface area contributed by atoms with Gasteiger partial charge in [-0.1, -0.05) is 6.07 Å². The number of hydrogen-bond acceptors (Lipinski definition) is 4.